The fourth-order valence-electron chi connectivity index (χ4n) is 1.26. The quantitative estimate of drug-likeness (QED) is 0.654. The third-order valence-corrected chi connectivity index (χ3v) is 3.61. The lowest BCUT2D eigenvalue weighted by atomic mass is 10.4. The van der Waals surface area contributed by atoms with Crippen molar-refractivity contribution in [1.29, 1.82) is 0 Å². The molecule has 1 aromatic carbocycles. The molecule has 0 aliphatic heterocycles. The number of sulfonamides is 1. The second kappa shape index (κ2) is 7.39. The number of rotatable bonds is 8. The van der Waals surface area contributed by atoms with E-state index in [1.165, 1.54) is 0 Å². The Labute approximate surface area is 102 Å². The van der Waals surface area contributed by atoms with E-state index in [1.807, 2.05) is 0 Å². The molecule has 0 aliphatic carbocycles. The van der Waals surface area contributed by atoms with Crippen molar-refractivity contribution in [3.8, 4) is 0 Å². The van der Waals surface area contributed by atoms with Crippen molar-refractivity contribution >= 4 is 10.0 Å². The van der Waals surface area contributed by atoms with Crippen LogP contribution in [0.25, 0.3) is 0 Å². The summed E-state index contributed by atoms with van der Waals surface area (Å²) in [5, 5.41) is 3.06. The fourth-order valence-corrected chi connectivity index (χ4v) is 2.31. The van der Waals surface area contributed by atoms with Crippen molar-refractivity contribution in [2.45, 2.75) is 4.90 Å². The molecule has 0 unspecified atom stereocenters. The van der Waals surface area contributed by atoms with Crippen LogP contribution in [0.1, 0.15) is 0 Å². The van der Waals surface area contributed by atoms with Crippen LogP contribution in [0.3, 0.4) is 0 Å². The molecular weight excluding hydrogens is 240 g/mol. The minimum atomic E-state index is -3.37. The van der Waals surface area contributed by atoms with Crippen molar-refractivity contribution in [3.05, 3.63) is 30.3 Å². The zero-order valence-electron chi connectivity index (χ0n) is 9.85. The molecule has 0 atom stereocenters. The second-order valence-corrected chi connectivity index (χ2v) is 5.22. The third kappa shape index (κ3) is 5.27. The van der Waals surface area contributed by atoms with Crippen LogP contribution in [0.4, 0.5) is 0 Å². The van der Waals surface area contributed by atoms with Crippen molar-refractivity contribution < 1.29 is 13.2 Å². The molecule has 5 nitrogen and oxygen atoms in total. The molecule has 0 fully saturated rings. The molecule has 0 radical (unpaired) electrons. The molecule has 1 rings (SSSR count). The van der Waals surface area contributed by atoms with Crippen LogP contribution < -0.4 is 10.0 Å². The predicted molar refractivity (Wildman–Crippen MR) is 66.4 cm³/mol. The highest BCUT2D eigenvalue weighted by Crippen LogP contribution is 2.06. The van der Waals surface area contributed by atoms with Gasteiger partial charge in [0.15, 0.2) is 0 Å². The Morgan fingerprint density at radius 2 is 1.82 bits per heavy atom. The van der Waals surface area contributed by atoms with E-state index in [1.54, 1.807) is 37.4 Å². The molecule has 0 saturated carbocycles. The normalized spacial score (nSPS) is 11.6. The number of ether oxygens (including phenoxy) is 1. The van der Waals surface area contributed by atoms with Crippen molar-refractivity contribution in [3.63, 3.8) is 0 Å². The van der Waals surface area contributed by atoms with Gasteiger partial charge in [-0.15, -0.1) is 0 Å². The van der Waals surface area contributed by atoms with Crippen LogP contribution in [-0.4, -0.2) is 41.8 Å². The van der Waals surface area contributed by atoms with Crippen LogP contribution >= 0.6 is 0 Å². The molecule has 96 valence electrons. The maximum absolute atomic E-state index is 11.8. The molecule has 2 N–H and O–H groups in total. The number of nitrogens with one attached hydrogen (secondary N) is 2. The summed E-state index contributed by atoms with van der Waals surface area (Å²) in [4.78, 5) is 0.289. The molecule has 0 amide bonds. The van der Waals surface area contributed by atoms with Gasteiger partial charge in [-0.1, -0.05) is 18.2 Å². The standard InChI is InChI=1S/C11H18N2O3S/c1-16-10-9-12-7-8-13-17(14,15)11-5-3-2-4-6-11/h2-6,12-13H,7-10H2,1H3. The Balaban J connectivity index is 2.31. The summed E-state index contributed by atoms with van der Waals surface area (Å²) in [5.41, 5.74) is 0. The molecule has 17 heavy (non-hydrogen) atoms. The van der Waals surface area contributed by atoms with E-state index in [2.05, 4.69) is 10.0 Å². The van der Waals surface area contributed by atoms with E-state index in [0.29, 0.717) is 26.2 Å². The molecule has 6 heteroatoms. The number of benzene rings is 1. The minimum absolute atomic E-state index is 0.289. The Bertz CT molecular complexity index is 406. The first-order valence-electron chi connectivity index (χ1n) is 5.41. The maximum Gasteiger partial charge on any atom is 0.240 e. The summed E-state index contributed by atoms with van der Waals surface area (Å²) in [6.45, 7) is 2.27. The largest absolute Gasteiger partial charge is 0.383 e. The first-order chi connectivity index (χ1) is 8.17. The van der Waals surface area contributed by atoms with Gasteiger partial charge >= 0.3 is 0 Å². The SMILES string of the molecule is COCCNCCNS(=O)(=O)c1ccccc1. The van der Waals surface area contributed by atoms with E-state index >= 15 is 0 Å². The van der Waals surface area contributed by atoms with Crippen LogP contribution in [0, 0.1) is 0 Å². The van der Waals surface area contributed by atoms with E-state index in [4.69, 9.17) is 4.74 Å². The van der Waals surface area contributed by atoms with Crippen LogP contribution in [0.15, 0.2) is 35.2 Å². The van der Waals surface area contributed by atoms with Crippen molar-refractivity contribution in [2.24, 2.45) is 0 Å². The average molecular weight is 258 g/mol. The summed E-state index contributed by atoms with van der Waals surface area (Å²) in [6, 6.07) is 8.32. The van der Waals surface area contributed by atoms with Crippen molar-refractivity contribution in [1.82, 2.24) is 10.0 Å². The molecule has 1 aromatic rings. The molecule has 0 heterocycles. The van der Waals surface area contributed by atoms with Gasteiger partial charge in [0.05, 0.1) is 11.5 Å². The number of methoxy groups -OCH3 is 1. The summed E-state index contributed by atoms with van der Waals surface area (Å²) in [6.07, 6.45) is 0. The topological polar surface area (TPSA) is 67.4 Å². The van der Waals surface area contributed by atoms with Gasteiger partial charge in [0.2, 0.25) is 10.0 Å². The first-order valence-corrected chi connectivity index (χ1v) is 6.89. The molecule has 0 aliphatic rings. The molecular formula is C11H18N2O3S. The van der Waals surface area contributed by atoms with Gasteiger partial charge in [-0.3, -0.25) is 0 Å². The Kier molecular flexibility index (Phi) is 6.13. The molecule has 0 saturated heterocycles. The average Bonchev–Trinajstić information content (AvgIpc) is 2.35. The van der Waals surface area contributed by atoms with Gasteiger partial charge in [0, 0.05) is 26.7 Å². The molecule has 0 aromatic heterocycles. The van der Waals surface area contributed by atoms with Crippen LogP contribution in [0.5, 0.6) is 0 Å². The highest BCUT2D eigenvalue weighted by atomic mass is 32.2. The second-order valence-electron chi connectivity index (χ2n) is 3.45. The highest BCUT2D eigenvalue weighted by Gasteiger charge is 2.11. The monoisotopic (exact) mass is 258 g/mol. The van der Waals surface area contributed by atoms with Gasteiger partial charge in [-0.25, -0.2) is 13.1 Å². The van der Waals surface area contributed by atoms with E-state index in [0.717, 1.165) is 0 Å². The van der Waals surface area contributed by atoms with Gasteiger partial charge in [0.1, 0.15) is 0 Å². The number of hydrogen-bond acceptors (Lipinski definition) is 4. The van der Waals surface area contributed by atoms with Crippen molar-refractivity contribution in [2.75, 3.05) is 33.4 Å². The lowest BCUT2D eigenvalue weighted by molar-refractivity contribution is 0.199. The Hall–Kier alpha value is -0.950. The lowest BCUT2D eigenvalue weighted by Gasteiger charge is -2.07. The first kappa shape index (κ1) is 14.1. The van der Waals surface area contributed by atoms with E-state index < -0.39 is 10.0 Å². The molecule has 0 bridgehead atoms. The predicted octanol–water partition coefficient (Wildman–Crippen LogP) is 0.201. The smallest absolute Gasteiger partial charge is 0.240 e. The summed E-state index contributed by atoms with van der Waals surface area (Å²) < 4.78 is 30.9. The summed E-state index contributed by atoms with van der Waals surface area (Å²) in [5.74, 6) is 0. The van der Waals surface area contributed by atoms with E-state index in [-0.39, 0.29) is 4.90 Å². The summed E-state index contributed by atoms with van der Waals surface area (Å²) >= 11 is 0. The zero-order valence-corrected chi connectivity index (χ0v) is 10.7. The maximum atomic E-state index is 11.8. The Morgan fingerprint density at radius 3 is 2.47 bits per heavy atom. The minimum Gasteiger partial charge on any atom is -0.383 e. The highest BCUT2D eigenvalue weighted by molar-refractivity contribution is 7.89. The van der Waals surface area contributed by atoms with Gasteiger partial charge < -0.3 is 10.1 Å². The molecule has 0 spiro atoms. The van der Waals surface area contributed by atoms with Gasteiger partial charge in [0.25, 0.3) is 0 Å². The lowest BCUT2D eigenvalue weighted by Crippen LogP contribution is -2.33. The number of hydrogen-bond donors (Lipinski definition) is 2. The summed E-state index contributed by atoms with van der Waals surface area (Å²) in [7, 11) is -1.75. The van der Waals surface area contributed by atoms with Crippen LogP contribution in [0.2, 0.25) is 0 Å². The Morgan fingerprint density at radius 1 is 1.12 bits per heavy atom. The fraction of sp³-hybridized carbons (Fsp3) is 0.455. The van der Waals surface area contributed by atoms with Gasteiger partial charge in [-0.2, -0.15) is 0 Å². The third-order valence-electron chi connectivity index (χ3n) is 2.13. The van der Waals surface area contributed by atoms with Crippen LogP contribution in [-0.2, 0) is 14.8 Å². The van der Waals surface area contributed by atoms with Gasteiger partial charge in [-0.05, 0) is 12.1 Å². The van der Waals surface area contributed by atoms with E-state index in [9.17, 15) is 8.42 Å². The zero-order chi connectivity index (χ0) is 12.6.